The molecule has 1 N–H and O–H groups in total. The highest BCUT2D eigenvalue weighted by molar-refractivity contribution is 6.31. The summed E-state index contributed by atoms with van der Waals surface area (Å²) in [5, 5.41) is 8.05. The highest BCUT2D eigenvalue weighted by Gasteiger charge is 2.17. The molecule has 1 amide bonds. The normalized spacial score (nSPS) is 12.3. The Morgan fingerprint density at radius 3 is 2.59 bits per heavy atom. The minimum atomic E-state index is -0.184. The second kappa shape index (κ2) is 6.53. The number of hydrogen-bond acceptors (Lipinski definition) is 2. The number of rotatable bonds is 4. The van der Waals surface area contributed by atoms with E-state index in [0.717, 1.165) is 22.6 Å². The third-order valence-corrected chi connectivity index (χ3v) is 4.33. The summed E-state index contributed by atoms with van der Waals surface area (Å²) in [6.07, 6.45) is 0. The van der Waals surface area contributed by atoms with E-state index < -0.39 is 0 Å². The van der Waals surface area contributed by atoms with Crippen LogP contribution in [0.25, 0.3) is 0 Å². The molecule has 0 fully saturated rings. The molecule has 2 aromatic rings. The lowest BCUT2D eigenvalue weighted by Gasteiger charge is -2.15. The molecule has 1 atom stereocenters. The van der Waals surface area contributed by atoms with Gasteiger partial charge in [-0.3, -0.25) is 9.48 Å². The van der Waals surface area contributed by atoms with E-state index in [4.69, 9.17) is 11.6 Å². The first kappa shape index (κ1) is 16.6. The van der Waals surface area contributed by atoms with Crippen molar-refractivity contribution in [2.24, 2.45) is 5.92 Å². The number of nitrogens with one attached hydrogen (secondary N) is 1. The van der Waals surface area contributed by atoms with E-state index in [1.54, 1.807) is 6.07 Å². The number of aromatic nitrogens is 2. The topological polar surface area (TPSA) is 46.9 Å². The summed E-state index contributed by atoms with van der Waals surface area (Å²) in [5.74, 6) is -0.216. The van der Waals surface area contributed by atoms with Gasteiger partial charge in [0.1, 0.15) is 0 Å². The van der Waals surface area contributed by atoms with E-state index in [9.17, 15) is 4.79 Å². The fourth-order valence-electron chi connectivity index (χ4n) is 2.29. The van der Waals surface area contributed by atoms with E-state index in [1.165, 1.54) is 5.56 Å². The van der Waals surface area contributed by atoms with Gasteiger partial charge in [-0.15, -0.1) is 0 Å². The maximum atomic E-state index is 12.4. The molecule has 0 saturated carbocycles. The third-order valence-electron chi connectivity index (χ3n) is 4.10. The average Bonchev–Trinajstić information content (AvgIpc) is 2.70. The Labute approximate surface area is 136 Å². The number of hydrogen-bond donors (Lipinski definition) is 1. The Hall–Kier alpha value is -1.81. The van der Waals surface area contributed by atoms with Crippen LogP contribution in [0.15, 0.2) is 18.2 Å². The number of carbonyl (C=O) groups is 1. The molecule has 2 rings (SSSR count). The minimum absolute atomic E-state index is 0.0319. The molecule has 4 nitrogen and oxygen atoms in total. The molecular formula is C17H22ClN3O. The van der Waals surface area contributed by atoms with Gasteiger partial charge in [-0.25, -0.2) is 0 Å². The number of amides is 1. The quantitative estimate of drug-likeness (QED) is 0.924. The minimum Gasteiger partial charge on any atom is -0.326 e. The summed E-state index contributed by atoms with van der Waals surface area (Å²) in [4.78, 5) is 12.4. The molecule has 0 saturated heterocycles. The van der Waals surface area contributed by atoms with Gasteiger partial charge in [-0.2, -0.15) is 5.10 Å². The van der Waals surface area contributed by atoms with Crippen molar-refractivity contribution in [2.45, 2.75) is 41.2 Å². The lowest BCUT2D eigenvalue weighted by molar-refractivity contribution is -0.119. The first-order valence-corrected chi connectivity index (χ1v) is 7.75. The molecule has 0 aliphatic rings. The highest BCUT2D eigenvalue weighted by atomic mass is 35.5. The van der Waals surface area contributed by atoms with Gasteiger partial charge in [0.25, 0.3) is 0 Å². The van der Waals surface area contributed by atoms with Crippen LogP contribution in [-0.2, 0) is 11.3 Å². The van der Waals surface area contributed by atoms with Crippen molar-refractivity contribution in [1.82, 2.24) is 9.78 Å². The van der Waals surface area contributed by atoms with Crippen LogP contribution in [0.3, 0.4) is 0 Å². The van der Waals surface area contributed by atoms with Crippen LogP contribution in [-0.4, -0.2) is 15.7 Å². The van der Waals surface area contributed by atoms with Gasteiger partial charge in [0.15, 0.2) is 0 Å². The molecule has 0 bridgehead atoms. The predicted molar refractivity (Wildman–Crippen MR) is 90.4 cm³/mol. The number of nitrogens with zero attached hydrogens (tertiary/aromatic N) is 2. The van der Waals surface area contributed by atoms with Gasteiger partial charge in [-0.1, -0.05) is 24.6 Å². The lowest BCUT2D eigenvalue weighted by atomic mass is 10.1. The summed E-state index contributed by atoms with van der Waals surface area (Å²) in [6.45, 7) is 10.5. The SMILES string of the molecule is Cc1ccc(Cl)cc1NC(=O)[C@H](C)Cn1nc(C)c(C)c1C. The molecule has 0 aliphatic carbocycles. The zero-order valence-corrected chi connectivity index (χ0v) is 14.5. The fourth-order valence-corrected chi connectivity index (χ4v) is 2.46. The van der Waals surface area contributed by atoms with E-state index in [1.807, 2.05) is 51.4 Å². The third kappa shape index (κ3) is 3.50. The Bertz CT molecular complexity index is 706. The fraction of sp³-hybridized carbons (Fsp3) is 0.412. The van der Waals surface area contributed by atoms with Gasteiger partial charge in [0.05, 0.1) is 18.2 Å². The van der Waals surface area contributed by atoms with E-state index in [2.05, 4.69) is 10.4 Å². The second-order valence-corrected chi connectivity index (χ2v) is 6.26. The van der Waals surface area contributed by atoms with E-state index >= 15 is 0 Å². The summed E-state index contributed by atoms with van der Waals surface area (Å²) in [6, 6.07) is 5.48. The van der Waals surface area contributed by atoms with Crippen molar-refractivity contribution in [3.8, 4) is 0 Å². The van der Waals surface area contributed by atoms with Gasteiger partial charge >= 0.3 is 0 Å². The first-order chi connectivity index (χ1) is 10.3. The van der Waals surface area contributed by atoms with Crippen molar-refractivity contribution < 1.29 is 4.79 Å². The maximum absolute atomic E-state index is 12.4. The lowest BCUT2D eigenvalue weighted by Crippen LogP contribution is -2.25. The van der Waals surface area contributed by atoms with Crippen LogP contribution in [0.1, 0.15) is 29.4 Å². The van der Waals surface area contributed by atoms with Crippen molar-refractivity contribution in [2.75, 3.05) is 5.32 Å². The standard InChI is InChI=1S/C17H22ClN3O/c1-10-6-7-15(18)8-16(10)19-17(22)11(2)9-21-14(5)12(3)13(4)20-21/h6-8,11H,9H2,1-5H3,(H,19,22)/t11-/m1/s1. The Balaban J connectivity index is 2.09. The van der Waals surface area contributed by atoms with Crippen LogP contribution in [0.4, 0.5) is 5.69 Å². The number of anilines is 1. The molecule has 22 heavy (non-hydrogen) atoms. The van der Waals surface area contributed by atoms with E-state index in [-0.39, 0.29) is 11.8 Å². The number of carbonyl (C=O) groups excluding carboxylic acids is 1. The molecule has 0 spiro atoms. The second-order valence-electron chi connectivity index (χ2n) is 5.83. The Kier molecular flexibility index (Phi) is 4.91. The van der Waals surface area contributed by atoms with Crippen LogP contribution in [0.5, 0.6) is 0 Å². The van der Waals surface area contributed by atoms with Crippen LogP contribution < -0.4 is 5.32 Å². The molecule has 0 aliphatic heterocycles. The van der Waals surface area contributed by atoms with Gasteiger partial charge in [0.2, 0.25) is 5.91 Å². The van der Waals surface area contributed by atoms with Crippen molar-refractivity contribution >= 4 is 23.2 Å². The smallest absolute Gasteiger partial charge is 0.229 e. The molecule has 5 heteroatoms. The Morgan fingerprint density at radius 1 is 1.32 bits per heavy atom. The molecule has 118 valence electrons. The summed E-state index contributed by atoms with van der Waals surface area (Å²) in [5.41, 5.74) is 5.05. The average molecular weight is 320 g/mol. The number of aryl methyl sites for hydroxylation is 2. The van der Waals surface area contributed by atoms with Crippen LogP contribution >= 0.6 is 11.6 Å². The first-order valence-electron chi connectivity index (χ1n) is 7.37. The van der Waals surface area contributed by atoms with Gasteiger partial charge < -0.3 is 5.32 Å². The Morgan fingerprint density at radius 2 is 2.00 bits per heavy atom. The van der Waals surface area contributed by atoms with Gasteiger partial charge in [0, 0.05) is 16.4 Å². The molecular weight excluding hydrogens is 298 g/mol. The summed E-state index contributed by atoms with van der Waals surface area (Å²) >= 11 is 5.99. The number of benzene rings is 1. The molecule has 0 unspecified atom stereocenters. The molecule has 1 aromatic carbocycles. The molecule has 0 radical (unpaired) electrons. The highest BCUT2D eigenvalue weighted by Crippen LogP contribution is 2.21. The van der Waals surface area contributed by atoms with Crippen molar-refractivity contribution in [1.29, 1.82) is 0 Å². The molecule has 1 aromatic heterocycles. The molecule has 1 heterocycles. The predicted octanol–water partition coefficient (Wildman–Crippen LogP) is 4.04. The van der Waals surface area contributed by atoms with E-state index in [0.29, 0.717) is 11.6 Å². The van der Waals surface area contributed by atoms with Crippen molar-refractivity contribution in [3.63, 3.8) is 0 Å². The van der Waals surface area contributed by atoms with Crippen LogP contribution in [0.2, 0.25) is 5.02 Å². The number of halogens is 1. The summed E-state index contributed by atoms with van der Waals surface area (Å²) < 4.78 is 1.90. The maximum Gasteiger partial charge on any atom is 0.229 e. The van der Waals surface area contributed by atoms with Crippen LogP contribution in [0, 0.1) is 33.6 Å². The van der Waals surface area contributed by atoms with Gasteiger partial charge in [-0.05, 0) is 51.0 Å². The summed E-state index contributed by atoms with van der Waals surface area (Å²) in [7, 11) is 0. The largest absolute Gasteiger partial charge is 0.326 e. The zero-order valence-electron chi connectivity index (χ0n) is 13.7. The van der Waals surface area contributed by atoms with Crippen molar-refractivity contribution in [3.05, 3.63) is 45.7 Å². The zero-order chi connectivity index (χ0) is 16.4. The monoisotopic (exact) mass is 319 g/mol.